The van der Waals surface area contributed by atoms with Gasteiger partial charge in [0.2, 0.25) is 0 Å². The molecule has 2 N–H and O–H groups in total. The van der Waals surface area contributed by atoms with Gasteiger partial charge in [0.25, 0.3) is 5.91 Å². The van der Waals surface area contributed by atoms with Crippen LogP contribution >= 0.6 is 22.6 Å². The second-order valence-electron chi connectivity index (χ2n) is 5.69. The Balaban J connectivity index is 1.63. The number of hydrogen-bond donors (Lipinski definition) is 2. The fraction of sp³-hybridized carbons (Fsp3) is 0.692. The molecular formula is C13H18IN3O. The standard InChI is InChI=1S/C13H18IN3O/c1-7(10-5-8-2-3-9(10)4-8)16-13(18)12-11(14)6-15-17-12/h6-10H,2-5H2,1H3,(H,15,17)(H,16,18). The van der Waals surface area contributed by atoms with Gasteiger partial charge in [-0.25, -0.2) is 0 Å². The summed E-state index contributed by atoms with van der Waals surface area (Å²) >= 11 is 2.13. The molecule has 3 rings (SSSR count). The van der Waals surface area contributed by atoms with Crippen LogP contribution in [0.3, 0.4) is 0 Å². The maximum absolute atomic E-state index is 12.1. The molecule has 2 fully saturated rings. The Morgan fingerprint density at radius 1 is 1.56 bits per heavy atom. The van der Waals surface area contributed by atoms with Crippen LogP contribution in [-0.2, 0) is 0 Å². The highest BCUT2D eigenvalue weighted by Gasteiger charge is 2.42. The number of aromatic amines is 1. The maximum atomic E-state index is 12.1. The highest BCUT2D eigenvalue weighted by Crippen LogP contribution is 2.49. The molecule has 98 valence electrons. The first-order chi connectivity index (χ1) is 8.65. The van der Waals surface area contributed by atoms with Crippen LogP contribution in [0, 0.1) is 21.3 Å². The molecular weight excluding hydrogens is 341 g/mol. The van der Waals surface area contributed by atoms with Crippen molar-refractivity contribution in [3.8, 4) is 0 Å². The van der Waals surface area contributed by atoms with Crippen LogP contribution in [0.25, 0.3) is 0 Å². The van der Waals surface area contributed by atoms with Gasteiger partial charge in [-0.05, 0) is 66.5 Å². The van der Waals surface area contributed by atoms with Crippen molar-refractivity contribution in [1.82, 2.24) is 15.5 Å². The van der Waals surface area contributed by atoms with Gasteiger partial charge in [-0.3, -0.25) is 9.89 Å². The lowest BCUT2D eigenvalue weighted by Crippen LogP contribution is -2.40. The molecule has 0 aliphatic heterocycles. The lowest BCUT2D eigenvalue weighted by molar-refractivity contribution is 0.0909. The van der Waals surface area contributed by atoms with Crippen molar-refractivity contribution in [3.05, 3.63) is 15.5 Å². The number of amides is 1. The smallest absolute Gasteiger partial charge is 0.270 e. The minimum Gasteiger partial charge on any atom is -0.348 e. The van der Waals surface area contributed by atoms with Crippen LogP contribution in [-0.4, -0.2) is 22.1 Å². The molecule has 1 heterocycles. The van der Waals surface area contributed by atoms with E-state index in [4.69, 9.17) is 0 Å². The number of aromatic nitrogens is 2. The largest absolute Gasteiger partial charge is 0.348 e. The maximum Gasteiger partial charge on any atom is 0.270 e. The van der Waals surface area contributed by atoms with E-state index in [2.05, 4.69) is 45.0 Å². The molecule has 2 saturated carbocycles. The lowest BCUT2D eigenvalue weighted by Gasteiger charge is -2.28. The van der Waals surface area contributed by atoms with Gasteiger partial charge in [0, 0.05) is 6.04 Å². The van der Waals surface area contributed by atoms with Crippen molar-refractivity contribution in [2.24, 2.45) is 17.8 Å². The van der Waals surface area contributed by atoms with Gasteiger partial charge in [0.15, 0.2) is 0 Å². The first-order valence-corrected chi connectivity index (χ1v) is 7.72. The summed E-state index contributed by atoms with van der Waals surface area (Å²) in [5.41, 5.74) is 0.589. The second-order valence-corrected chi connectivity index (χ2v) is 6.86. The molecule has 1 aromatic heterocycles. The fourth-order valence-electron chi connectivity index (χ4n) is 3.72. The number of H-pyrrole nitrogens is 1. The van der Waals surface area contributed by atoms with Crippen LogP contribution in [0.15, 0.2) is 6.20 Å². The van der Waals surface area contributed by atoms with Crippen LogP contribution in [0.1, 0.15) is 43.1 Å². The Kier molecular flexibility index (Phi) is 3.34. The summed E-state index contributed by atoms with van der Waals surface area (Å²) in [5, 5.41) is 9.79. The Morgan fingerprint density at radius 3 is 2.94 bits per heavy atom. The predicted octanol–water partition coefficient (Wildman–Crippen LogP) is 2.57. The molecule has 18 heavy (non-hydrogen) atoms. The first-order valence-electron chi connectivity index (χ1n) is 6.65. The molecule has 0 aromatic carbocycles. The average Bonchev–Trinajstić information content (AvgIpc) is 3.03. The number of nitrogens with one attached hydrogen (secondary N) is 2. The van der Waals surface area contributed by atoms with Crippen LogP contribution in [0.2, 0.25) is 0 Å². The van der Waals surface area contributed by atoms with E-state index in [-0.39, 0.29) is 11.9 Å². The number of halogens is 1. The second kappa shape index (κ2) is 4.83. The normalized spacial score (nSPS) is 31.6. The lowest BCUT2D eigenvalue weighted by atomic mass is 9.84. The molecule has 2 aliphatic rings. The van der Waals surface area contributed by atoms with E-state index in [1.165, 1.54) is 25.7 Å². The van der Waals surface area contributed by atoms with Gasteiger partial charge in [-0.1, -0.05) is 6.42 Å². The molecule has 0 radical (unpaired) electrons. The number of nitrogens with zero attached hydrogens (tertiary/aromatic N) is 1. The zero-order chi connectivity index (χ0) is 12.7. The molecule has 1 aromatic rings. The summed E-state index contributed by atoms with van der Waals surface area (Å²) in [6.07, 6.45) is 7.12. The quantitative estimate of drug-likeness (QED) is 0.815. The minimum absolute atomic E-state index is 0.0211. The number of carbonyl (C=O) groups excluding carboxylic acids is 1. The van der Waals surface area contributed by atoms with Gasteiger partial charge in [0.05, 0.1) is 9.77 Å². The van der Waals surface area contributed by atoms with Gasteiger partial charge in [-0.2, -0.15) is 5.10 Å². The Hall–Kier alpha value is -0.590. The van der Waals surface area contributed by atoms with Crippen LogP contribution in [0.5, 0.6) is 0 Å². The average molecular weight is 359 g/mol. The molecule has 4 unspecified atom stereocenters. The van der Waals surface area contributed by atoms with Gasteiger partial charge in [-0.15, -0.1) is 0 Å². The van der Waals surface area contributed by atoms with Gasteiger partial charge in [0.1, 0.15) is 5.69 Å². The molecule has 2 bridgehead atoms. The molecule has 4 nitrogen and oxygen atoms in total. The third-order valence-corrected chi connectivity index (χ3v) is 5.43. The van der Waals surface area contributed by atoms with E-state index >= 15 is 0 Å². The third-order valence-electron chi connectivity index (χ3n) is 4.61. The van der Waals surface area contributed by atoms with Crippen molar-refractivity contribution in [1.29, 1.82) is 0 Å². The number of carbonyl (C=O) groups is 1. The van der Waals surface area contributed by atoms with E-state index in [1.807, 2.05) is 0 Å². The highest BCUT2D eigenvalue weighted by molar-refractivity contribution is 14.1. The molecule has 2 aliphatic carbocycles. The summed E-state index contributed by atoms with van der Waals surface area (Å²) in [6.45, 7) is 2.15. The summed E-state index contributed by atoms with van der Waals surface area (Å²) in [6, 6.07) is 0.270. The molecule has 0 saturated heterocycles. The summed E-state index contributed by atoms with van der Waals surface area (Å²) in [4.78, 5) is 12.1. The van der Waals surface area contributed by atoms with E-state index < -0.39 is 0 Å². The topological polar surface area (TPSA) is 57.8 Å². The van der Waals surface area contributed by atoms with Crippen LogP contribution < -0.4 is 5.32 Å². The fourth-order valence-corrected chi connectivity index (χ4v) is 4.23. The number of fused-ring (bicyclic) bond motifs is 2. The number of hydrogen-bond acceptors (Lipinski definition) is 2. The number of rotatable bonds is 3. The summed E-state index contributed by atoms with van der Waals surface area (Å²) in [7, 11) is 0. The predicted molar refractivity (Wildman–Crippen MR) is 77.2 cm³/mol. The Labute approximate surface area is 120 Å². The van der Waals surface area contributed by atoms with Crippen molar-refractivity contribution in [3.63, 3.8) is 0 Å². The van der Waals surface area contributed by atoms with Crippen molar-refractivity contribution >= 4 is 28.5 Å². The summed E-state index contributed by atoms with van der Waals surface area (Å²) < 4.78 is 0.880. The Morgan fingerprint density at radius 2 is 2.39 bits per heavy atom. The van der Waals surface area contributed by atoms with Gasteiger partial charge >= 0.3 is 0 Å². The monoisotopic (exact) mass is 359 g/mol. The molecule has 5 heteroatoms. The van der Waals surface area contributed by atoms with Crippen molar-refractivity contribution in [2.45, 2.75) is 38.6 Å². The van der Waals surface area contributed by atoms with Crippen molar-refractivity contribution < 1.29 is 4.79 Å². The molecule has 1 amide bonds. The summed E-state index contributed by atoms with van der Waals surface area (Å²) in [5.74, 6) is 2.42. The van der Waals surface area contributed by atoms with E-state index in [0.29, 0.717) is 11.6 Å². The molecule has 0 spiro atoms. The van der Waals surface area contributed by atoms with E-state index in [1.54, 1.807) is 6.20 Å². The highest BCUT2D eigenvalue weighted by atomic mass is 127. The van der Waals surface area contributed by atoms with Crippen LogP contribution in [0.4, 0.5) is 0 Å². The zero-order valence-corrected chi connectivity index (χ0v) is 12.6. The SMILES string of the molecule is CC(NC(=O)c1[nH]ncc1I)C1CC2CCC1C2. The minimum atomic E-state index is -0.0211. The zero-order valence-electron chi connectivity index (χ0n) is 10.4. The van der Waals surface area contributed by atoms with E-state index in [0.717, 1.165) is 15.4 Å². The Bertz CT molecular complexity index is 459. The third kappa shape index (κ3) is 2.17. The van der Waals surface area contributed by atoms with Crippen molar-refractivity contribution in [2.75, 3.05) is 0 Å². The molecule has 4 atom stereocenters. The first kappa shape index (κ1) is 12.4. The van der Waals surface area contributed by atoms with E-state index in [9.17, 15) is 4.79 Å². The van der Waals surface area contributed by atoms with Gasteiger partial charge < -0.3 is 5.32 Å².